The maximum atomic E-state index is 10.0. The van der Waals surface area contributed by atoms with Gasteiger partial charge in [0.1, 0.15) is 18.1 Å². The summed E-state index contributed by atoms with van der Waals surface area (Å²) in [5, 5.41) is 21.3. The third kappa shape index (κ3) is 5.95. The number of hydroxylamine groups is 2. The second-order valence-corrected chi connectivity index (χ2v) is 8.99. The van der Waals surface area contributed by atoms with Crippen molar-refractivity contribution in [1.82, 2.24) is 5.06 Å². The van der Waals surface area contributed by atoms with Crippen molar-refractivity contribution in [2.45, 2.75) is 50.9 Å². The largest absolute Gasteiger partial charge is 0.508 e. The molecule has 3 aromatic carbocycles. The molecular formula is C29H35NO3. The zero-order valence-corrected chi connectivity index (χ0v) is 19.5. The average molecular weight is 446 g/mol. The summed E-state index contributed by atoms with van der Waals surface area (Å²) in [5.74, 6) is 1.78. The number of phenolic OH excluding ortho intramolecular Hbond substituents is 1. The normalized spacial score (nSPS) is 17.7. The van der Waals surface area contributed by atoms with Crippen molar-refractivity contribution in [3.05, 3.63) is 95.1 Å². The Hall–Kier alpha value is -2.82. The maximum absolute atomic E-state index is 10.0. The van der Waals surface area contributed by atoms with Gasteiger partial charge in [-0.2, -0.15) is 5.06 Å². The van der Waals surface area contributed by atoms with E-state index in [9.17, 15) is 10.3 Å². The summed E-state index contributed by atoms with van der Waals surface area (Å²) in [7, 11) is 0. The van der Waals surface area contributed by atoms with Crippen LogP contribution in [0.25, 0.3) is 0 Å². The Morgan fingerprint density at radius 1 is 0.909 bits per heavy atom. The number of phenols is 1. The molecule has 174 valence electrons. The van der Waals surface area contributed by atoms with E-state index in [2.05, 4.69) is 55.5 Å². The van der Waals surface area contributed by atoms with Crippen LogP contribution in [-0.2, 0) is 6.42 Å². The lowest BCUT2D eigenvalue weighted by atomic mass is 9.69. The van der Waals surface area contributed by atoms with Crippen molar-refractivity contribution in [3.8, 4) is 11.5 Å². The molecule has 0 saturated heterocycles. The molecule has 2 N–H and O–H groups in total. The van der Waals surface area contributed by atoms with E-state index in [1.165, 1.54) is 27.3 Å². The first-order chi connectivity index (χ1) is 16.2. The monoisotopic (exact) mass is 445 g/mol. The van der Waals surface area contributed by atoms with Gasteiger partial charge in [-0.05, 0) is 71.7 Å². The van der Waals surface area contributed by atoms with Gasteiger partial charge in [0.05, 0.1) is 6.54 Å². The van der Waals surface area contributed by atoms with Gasteiger partial charge in [-0.15, -0.1) is 0 Å². The highest BCUT2D eigenvalue weighted by Gasteiger charge is 2.32. The van der Waals surface area contributed by atoms with Crippen LogP contribution < -0.4 is 4.74 Å². The smallest absolute Gasteiger partial charge is 0.119 e. The number of fused-ring (bicyclic) bond motifs is 1. The van der Waals surface area contributed by atoms with E-state index in [0.717, 1.165) is 37.9 Å². The molecular weight excluding hydrogens is 410 g/mol. The fourth-order valence-corrected chi connectivity index (χ4v) is 4.97. The Balaban J connectivity index is 1.48. The number of nitrogens with zero attached hydrogens (tertiary/aromatic N) is 1. The van der Waals surface area contributed by atoms with Crippen LogP contribution in [0.2, 0.25) is 0 Å². The molecule has 0 saturated carbocycles. The van der Waals surface area contributed by atoms with Crippen LogP contribution in [0.4, 0.5) is 0 Å². The summed E-state index contributed by atoms with van der Waals surface area (Å²) >= 11 is 0. The van der Waals surface area contributed by atoms with Crippen LogP contribution >= 0.6 is 0 Å². The highest BCUT2D eigenvalue weighted by Crippen LogP contribution is 2.47. The lowest BCUT2D eigenvalue weighted by Crippen LogP contribution is -2.26. The van der Waals surface area contributed by atoms with E-state index in [1.807, 2.05) is 18.2 Å². The van der Waals surface area contributed by atoms with E-state index in [4.69, 9.17) is 4.74 Å². The van der Waals surface area contributed by atoms with Gasteiger partial charge in [0.2, 0.25) is 0 Å². The third-order valence-electron chi connectivity index (χ3n) is 6.69. The standard InChI is InChI=1S/C29H35NO3/c1-2-3-7-18-30(32)19-20-33-26-14-10-23(11-15-26)29-27(22-8-5-4-6-9-22)16-12-24-21-25(31)13-17-28(24)29/h4-6,8-11,13-15,17,21,27,29,31-32H,2-3,7,12,16,18-20H2,1H3/t27-,29+/m1/s1. The predicted octanol–water partition coefficient (Wildman–Crippen LogP) is 6.51. The van der Waals surface area contributed by atoms with Gasteiger partial charge in [-0.25, -0.2) is 0 Å². The molecule has 0 heterocycles. The number of hydrogen-bond acceptors (Lipinski definition) is 4. The van der Waals surface area contributed by atoms with Crippen molar-refractivity contribution >= 4 is 0 Å². The first kappa shape index (κ1) is 23.3. The molecule has 0 aliphatic heterocycles. The minimum absolute atomic E-state index is 0.234. The van der Waals surface area contributed by atoms with Crippen LogP contribution in [-0.4, -0.2) is 35.1 Å². The second kappa shape index (κ2) is 11.4. The van der Waals surface area contributed by atoms with Crippen LogP contribution in [0, 0.1) is 0 Å². The molecule has 0 aromatic heterocycles. The van der Waals surface area contributed by atoms with Crippen LogP contribution in [0.3, 0.4) is 0 Å². The van der Waals surface area contributed by atoms with Gasteiger partial charge in [-0.3, -0.25) is 0 Å². The van der Waals surface area contributed by atoms with Crippen LogP contribution in [0.15, 0.2) is 72.8 Å². The second-order valence-electron chi connectivity index (χ2n) is 8.99. The zero-order chi connectivity index (χ0) is 23.0. The summed E-state index contributed by atoms with van der Waals surface area (Å²) in [6.07, 6.45) is 5.30. The van der Waals surface area contributed by atoms with Crippen molar-refractivity contribution in [2.24, 2.45) is 0 Å². The van der Waals surface area contributed by atoms with E-state index in [-0.39, 0.29) is 5.92 Å². The predicted molar refractivity (Wildman–Crippen MR) is 132 cm³/mol. The summed E-state index contributed by atoms with van der Waals surface area (Å²) in [6, 6.07) is 24.9. The van der Waals surface area contributed by atoms with E-state index < -0.39 is 0 Å². The summed E-state index contributed by atoms with van der Waals surface area (Å²) < 4.78 is 5.89. The first-order valence-corrected chi connectivity index (χ1v) is 12.2. The number of unbranched alkanes of at least 4 members (excludes halogenated alkanes) is 2. The molecule has 0 radical (unpaired) electrons. The zero-order valence-electron chi connectivity index (χ0n) is 19.5. The Bertz CT molecular complexity index is 1000. The number of aromatic hydroxyl groups is 1. The van der Waals surface area contributed by atoms with E-state index in [0.29, 0.717) is 31.4 Å². The van der Waals surface area contributed by atoms with E-state index >= 15 is 0 Å². The molecule has 0 unspecified atom stereocenters. The molecule has 1 aliphatic carbocycles. The molecule has 0 spiro atoms. The quantitative estimate of drug-likeness (QED) is 0.276. The van der Waals surface area contributed by atoms with Crippen LogP contribution in [0.1, 0.15) is 66.7 Å². The minimum atomic E-state index is 0.234. The fourth-order valence-electron chi connectivity index (χ4n) is 4.97. The molecule has 33 heavy (non-hydrogen) atoms. The number of hydrogen-bond donors (Lipinski definition) is 2. The van der Waals surface area contributed by atoms with Gasteiger partial charge < -0.3 is 15.1 Å². The van der Waals surface area contributed by atoms with Gasteiger partial charge in [-0.1, -0.05) is 68.3 Å². The lowest BCUT2D eigenvalue weighted by molar-refractivity contribution is -0.0973. The number of ether oxygens (including phenoxy) is 1. The SMILES string of the molecule is CCCCCN(O)CCOc1ccc([C@@H]2c3ccc(O)cc3CC[C@@H]2c2ccccc2)cc1. The number of aryl methyl sites for hydroxylation is 1. The lowest BCUT2D eigenvalue weighted by Gasteiger charge is -2.34. The molecule has 1 aliphatic rings. The topological polar surface area (TPSA) is 52.9 Å². The molecule has 4 heteroatoms. The molecule has 0 fully saturated rings. The Labute approximate surface area is 197 Å². The molecule has 0 amide bonds. The van der Waals surface area contributed by atoms with Crippen molar-refractivity contribution in [3.63, 3.8) is 0 Å². The van der Waals surface area contributed by atoms with Gasteiger partial charge in [0.25, 0.3) is 0 Å². The summed E-state index contributed by atoms with van der Waals surface area (Å²) in [6.45, 7) is 3.81. The molecule has 4 nitrogen and oxygen atoms in total. The van der Waals surface area contributed by atoms with Crippen LogP contribution in [0.5, 0.6) is 11.5 Å². The molecule has 4 rings (SSSR count). The molecule has 2 atom stereocenters. The maximum Gasteiger partial charge on any atom is 0.119 e. The number of benzene rings is 3. The van der Waals surface area contributed by atoms with Crippen molar-refractivity contribution in [2.75, 3.05) is 19.7 Å². The van der Waals surface area contributed by atoms with Crippen molar-refractivity contribution in [1.29, 1.82) is 0 Å². The highest BCUT2D eigenvalue weighted by molar-refractivity contribution is 5.48. The van der Waals surface area contributed by atoms with Gasteiger partial charge in [0, 0.05) is 12.5 Å². The fraction of sp³-hybridized carbons (Fsp3) is 0.379. The molecule has 0 bridgehead atoms. The van der Waals surface area contributed by atoms with Crippen molar-refractivity contribution < 1.29 is 15.1 Å². The summed E-state index contributed by atoms with van der Waals surface area (Å²) in [4.78, 5) is 0. The Morgan fingerprint density at radius 3 is 2.45 bits per heavy atom. The van der Waals surface area contributed by atoms with Gasteiger partial charge in [0.15, 0.2) is 0 Å². The average Bonchev–Trinajstić information content (AvgIpc) is 2.84. The first-order valence-electron chi connectivity index (χ1n) is 12.2. The Morgan fingerprint density at radius 2 is 1.70 bits per heavy atom. The summed E-state index contributed by atoms with van der Waals surface area (Å²) in [5.41, 5.74) is 5.14. The Kier molecular flexibility index (Phi) is 8.03. The third-order valence-corrected chi connectivity index (χ3v) is 6.69. The van der Waals surface area contributed by atoms with E-state index in [1.54, 1.807) is 6.07 Å². The van der Waals surface area contributed by atoms with Gasteiger partial charge >= 0.3 is 0 Å². The highest BCUT2D eigenvalue weighted by atomic mass is 16.5. The minimum Gasteiger partial charge on any atom is -0.508 e. The number of rotatable bonds is 10. The molecule has 3 aromatic rings.